The van der Waals surface area contributed by atoms with Crippen LogP contribution in [0.4, 0.5) is 5.82 Å². The minimum Gasteiger partial charge on any atom is -0.444 e. The van der Waals surface area contributed by atoms with Gasteiger partial charge in [0, 0.05) is 20.3 Å². The zero-order valence-corrected chi connectivity index (χ0v) is 11.2. The van der Waals surface area contributed by atoms with Crippen molar-refractivity contribution < 1.29 is 9.21 Å². The second-order valence-corrected chi connectivity index (χ2v) is 4.35. The van der Waals surface area contributed by atoms with E-state index in [9.17, 15) is 4.79 Å². The van der Waals surface area contributed by atoms with Crippen LogP contribution in [0.1, 0.15) is 22.0 Å². The third kappa shape index (κ3) is 3.31. The van der Waals surface area contributed by atoms with Crippen molar-refractivity contribution in [1.29, 1.82) is 0 Å². The van der Waals surface area contributed by atoms with Crippen LogP contribution in [0.2, 0.25) is 0 Å². The monoisotopic (exact) mass is 260 g/mol. The van der Waals surface area contributed by atoms with Gasteiger partial charge in [-0.3, -0.25) is 4.79 Å². The van der Waals surface area contributed by atoms with Crippen molar-refractivity contribution in [3.05, 3.63) is 41.7 Å². The highest BCUT2D eigenvalue weighted by Crippen LogP contribution is 2.09. The molecule has 1 amide bonds. The first kappa shape index (κ1) is 13.1. The summed E-state index contributed by atoms with van der Waals surface area (Å²) in [7, 11) is 3.42. The van der Waals surface area contributed by atoms with Crippen molar-refractivity contribution in [2.24, 2.45) is 0 Å². The molecule has 0 fully saturated rings. The summed E-state index contributed by atoms with van der Waals surface area (Å²) >= 11 is 0. The molecule has 2 rings (SSSR count). The van der Waals surface area contributed by atoms with Crippen LogP contribution in [0, 0.1) is 6.92 Å². The Bertz CT molecular complexity index is 560. The van der Waals surface area contributed by atoms with E-state index in [1.807, 2.05) is 6.92 Å². The fourth-order valence-electron chi connectivity index (χ4n) is 1.53. The molecule has 0 spiro atoms. The van der Waals surface area contributed by atoms with Crippen molar-refractivity contribution in [3.63, 3.8) is 0 Å². The summed E-state index contributed by atoms with van der Waals surface area (Å²) in [5.41, 5.74) is 0.558. The number of amides is 1. The average molecular weight is 260 g/mol. The maximum absolute atomic E-state index is 11.7. The van der Waals surface area contributed by atoms with E-state index in [1.54, 1.807) is 38.6 Å². The molecular formula is C13H16N4O2. The van der Waals surface area contributed by atoms with Crippen molar-refractivity contribution in [1.82, 2.24) is 14.9 Å². The Hall–Kier alpha value is -2.37. The van der Waals surface area contributed by atoms with E-state index in [0.29, 0.717) is 23.8 Å². The maximum atomic E-state index is 11.7. The highest BCUT2D eigenvalue weighted by atomic mass is 16.4. The maximum Gasteiger partial charge on any atom is 0.254 e. The number of nitrogens with zero attached hydrogens (tertiary/aromatic N) is 3. The minimum atomic E-state index is -0.0672. The third-order valence-electron chi connectivity index (χ3n) is 2.51. The topological polar surface area (TPSA) is 71.3 Å². The molecule has 6 nitrogen and oxygen atoms in total. The molecule has 0 aromatic carbocycles. The number of hydrogen-bond donors (Lipinski definition) is 1. The molecule has 0 unspecified atom stereocenters. The Morgan fingerprint density at radius 2 is 2.11 bits per heavy atom. The number of carbonyl (C=O) groups excluding carboxylic acids is 1. The molecule has 1 N–H and O–H groups in total. The number of rotatable bonds is 4. The van der Waals surface area contributed by atoms with Crippen molar-refractivity contribution in [3.8, 4) is 0 Å². The highest BCUT2D eigenvalue weighted by Gasteiger charge is 2.08. The van der Waals surface area contributed by atoms with E-state index in [0.717, 1.165) is 5.76 Å². The van der Waals surface area contributed by atoms with Gasteiger partial charge in [0.15, 0.2) is 0 Å². The second-order valence-electron chi connectivity index (χ2n) is 4.35. The molecule has 0 radical (unpaired) electrons. The number of carbonyl (C=O) groups is 1. The summed E-state index contributed by atoms with van der Waals surface area (Å²) in [6.45, 7) is 2.30. The van der Waals surface area contributed by atoms with Crippen LogP contribution in [-0.2, 0) is 6.54 Å². The lowest BCUT2D eigenvalue weighted by molar-refractivity contribution is 0.0827. The summed E-state index contributed by atoms with van der Waals surface area (Å²) in [5.74, 6) is 1.98. The van der Waals surface area contributed by atoms with Crippen molar-refractivity contribution >= 4 is 11.7 Å². The fraction of sp³-hybridized carbons (Fsp3) is 0.308. The van der Waals surface area contributed by atoms with Crippen molar-refractivity contribution in [2.75, 3.05) is 19.4 Å². The summed E-state index contributed by atoms with van der Waals surface area (Å²) in [6, 6.07) is 3.49. The zero-order valence-electron chi connectivity index (χ0n) is 11.2. The highest BCUT2D eigenvalue weighted by molar-refractivity contribution is 5.93. The predicted molar refractivity (Wildman–Crippen MR) is 70.8 cm³/mol. The lowest BCUT2D eigenvalue weighted by Gasteiger charge is -2.10. The molecule has 0 aliphatic carbocycles. The van der Waals surface area contributed by atoms with E-state index in [1.165, 1.54) is 4.90 Å². The number of aryl methyl sites for hydroxylation is 1. The summed E-state index contributed by atoms with van der Waals surface area (Å²) < 4.78 is 5.34. The molecule has 2 aromatic rings. The Kier molecular flexibility index (Phi) is 3.79. The van der Waals surface area contributed by atoms with Crippen LogP contribution < -0.4 is 5.32 Å². The number of pyridine rings is 1. The Balaban J connectivity index is 1.97. The largest absolute Gasteiger partial charge is 0.444 e. The second kappa shape index (κ2) is 5.51. The number of aromatic nitrogens is 2. The molecule has 0 bridgehead atoms. The van der Waals surface area contributed by atoms with Gasteiger partial charge in [-0.05, 0) is 19.1 Å². The van der Waals surface area contributed by atoms with Gasteiger partial charge in [0.25, 0.3) is 5.91 Å². The normalized spacial score (nSPS) is 10.3. The Labute approximate surface area is 111 Å². The van der Waals surface area contributed by atoms with Gasteiger partial charge >= 0.3 is 0 Å². The summed E-state index contributed by atoms with van der Waals surface area (Å²) in [6.07, 6.45) is 3.22. The third-order valence-corrected chi connectivity index (χ3v) is 2.51. The van der Waals surface area contributed by atoms with Crippen LogP contribution >= 0.6 is 0 Å². The van der Waals surface area contributed by atoms with Crippen molar-refractivity contribution in [2.45, 2.75) is 13.5 Å². The molecule has 0 aliphatic heterocycles. The standard InChI is InChI=1S/C13H16N4O2/c1-9-6-16-12(19-9)8-15-11-5-4-10(7-14-11)13(18)17(2)3/h4-7H,8H2,1-3H3,(H,14,15). The number of oxazole rings is 1. The van der Waals surface area contributed by atoms with Crippen LogP contribution in [0.15, 0.2) is 28.9 Å². The van der Waals surface area contributed by atoms with Gasteiger partial charge < -0.3 is 14.6 Å². The molecule has 6 heteroatoms. The fourth-order valence-corrected chi connectivity index (χ4v) is 1.53. The molecule has 0 saturated heterocycles. The Morgan fingerprint density at radius 1 is 1.32 bits per heavy atom. The van der Waals surface area contributed by atoms with Crippen LogP contribution in [0.3, 0.4) is 0 Å². The van der Waals surface area contributed by atoms with Gasteiger partial charge in [0.1, 0.15) is 11.6 Å². The van der Waals surface area contributed by atoms with Gasteiger partial charge in [0.2, 0.25) is 5.89 Å². The van der Waals surface area contributed by atoms with Gasteiger partial charge in [-0.15, -0.1) is 0 Å². The number of hydrogen-bond acceptors (Lipinski definition) is 5. The predicted octanol–water partition coefficient (Wildman–Crippen LogP) is 1.69. The van der Waals surface area contributed by atoms with Gasteiger partial charge in [-0.1, -0.05) is 0 Å². The Morgan fingerprint density at radius 3 is 2.63 bits per heavy atom. The van der Waals surface area contributed by atoms with E-state index < -0.39 is 0 Å². The summed E-state index contributed by atoms with van der Waals surface area (Å²) in [5, 5.41) is 3.08. The molecule has 0 atom stereocenters. The molecule has 2 heterocycles. The van der Waals surface area contributed by atoms with Crippen LogP contribution in [0.25, 0.3) is 0 Å². The van der Waals surface area contributed by atoms with Gasteiger partial charge in [-0.2, -0.15) is 0 Å². The SMILES string of the molecule is Cc1cnc(CNc2ccc(C(=O)N(C)C)cn2)o1. The molecule has 0 saturated carbocycles. The summed E-state index contributed by atoms with van der Waals surface area (Å²) in [4.78, 5) is 21.4. The molecule has 100 valence electrons. The van der Waals surface area contributed by atoms with Gasteiger partial charge in [-0.25, -0.2) is 9.97 Å². The molecule has 0 aliphatic rings. The first-order valence-corrected chi connectivity index (χ1v) is 5.89. The smallest absolute Gasteiger partial charge is 0.254 e. The van der Waals surface area contributed by atoms with Crippen LogP contribution in [-0.4, -0.2) is 34.9 Å². The quantitative estimate of drug-likeness (QED) is 0.905. The van der Waals surface area contributed by atoms with Gasteiger partial charge in [0.05, 0.1) is 18.3 Å². The van der Waals surface area contributed by atoms with E-state index >= 15 is 0 Å². The van der Waals surface area contributed by atoms with E-state index in [4.69, 9.17) is 4.42 Å². The van der Waals surface area contributed by atoms with E-state index in [2.05, 4.69) is 15.3 Å². The van der Waals surface area contributed by atoms with Crippen LogP contribution in [0.5, 0.6) is 0 Å². The lowest BCUT2D eigenvalue weighted by Crippen LogP contribution is -2.21. The molecular weight excluding hydrogens is 244 g/mol. The number of anilines is 1. The molecule has 2 aromatic heterocycles. The first-order valence-electron chi connectivity index (χ1n) is 5.89. The first-order chi connectivity index (χ1) is 9.06. The number of nitrogens with one attached hydrogen (secondary N) is 1. The van der Waals surface area contributed by atoms with E-state index in [-0.39, 0.29) is 5.91 Å². The molecule has 19 heavy (non-hydrogen) atoms. The zero-order chi connectivity index (χ0) is 13.8. The lowest BCUT2D eigenvalue weighted by atomic mass is 10.2. The average Bonchev–Trinajstić information content (AvgIpc) is 2.82. The minimum absolute atomic E-state index is 0.0672.